The van der Waals surface area contributed by atoms with Crippen LogP contribution in [0.5, 0.6) is 5.75 Å². The molecule has 0 N–H and O–H groups in total. The zero-order chi connectivity index (χ0) is 20.9. The number of methoxy groups -OCH3 is 1. The van der Waals surface area contributed by atoms with Gasteiger partial charge in [0, 0.05) is 24.5 Å². The van der Waals surface area contributed by atoms with E-state index in [1.54, 1.807) is 13.3 Å². The van der Waals surface area contributed by atoms with Gasteiger partial charge in [-0.15, -0.1) is 0 Å². The van der Waals surface area contributed by atoms with E-state index < -0.39 is 0 Å². The fourth-order valence-electron chi connectivity index (χ4n) is 3.87. The summed E-state index contributed by atoms with van der Waals surface area (Å²) >= 11 is 5.95. The van der Waals surface area contributed by atoms with Crippen molar-refractivity contribution in [2.24, 2.45) is 0 Å². The summed E-state index contributed by atoms with van der Waals surface area (Å²) in [6.07, 6.45) is 4.76. The fourth-order valence-corrected chi connectivity index (χ4v) is 4.00. The predicted octanol–water partition coefficient (Wildman–Crippen LogP) is 4.88. The van der Waals surface area contributed by atoms with Crippen LogP contribution in [0.15, 0.2) is 59.1 Å². The van der Waals surface area contributed by atoms with Crippen LogP contribution in [-0.2, 0) is 17.6 Å². The van der Waals surface area contributed by atoms with Crippen LogP contribution in [0, 0.1) is 0 Å². The first-order valence-corrected chi connectivity index (χ1v) is 10.6. The van der Waals surface area contributed by atoms with Gasteiger partial charge in [-0.1, -0.05) is 35.9 Å². The number of likely N-dealkylation sites (tertiary alicyclic amines) is 1. The minimum atomic E-state index is 0.126. The minimum Gasteiger partial charge on any atom is -0.497 e. The summed E-state index contributed by atoms with van der Waals surface area (Å²) < 4.78 is 11.3. The van der Waals surface area contributed by atoms with Crippen molar-refractivity contribution in [1.82, 2.24) is 9.88 Å². The van der Waals surface area contributed by atoms with Crippen LogP contribution in [0.2, 0.25) is 5.02 Å². The summed E-state index contributed by atoms with van der Waals surface area (Å²) in [6.45, 7) is 1.42. The second-order valence-corrected chi connectivity index (χ2v) is 8.11. The number of halogens is 1. The molecule has 0 aliphatic carbocycles. The molecule has 0 saturated carbocycles. The van der Waals surface area contributed by atoms with E-state index in [4.69, 9.17) is 20.8 Å². The molecule has 0 radical (unpaired) electrons. The van der Waals surface area contributed by atoms with E-state index in [9.17, 15) is 4.79 Å². The van der Waals surface area contributed by atoms with Gasteiger partial charge in [-0.2, -0.15) is 0 Å². The summed E-state index contributed by atoms with van der Waals surface area (Å²) in [5.74, 6) is 2.57. The molecule has 1 fully saturated rings. The average Bonchev–Trinajstić information content (AvgIpc) is 3.24. The highest BCUT2D eigenvalue weighted by Crippen LogP contribution is 2.28. The summed E-state index contributed by atoms with van der Waals surface area (Å²) in [5, 5.41) is 0.720. The molecule has 30 heavy (non-hydrogen) atoms. The molecule has 2 heterocycles. The Hall–Kier alpha value is -2.79. The van der Waals surface area contributed by atoms with Crippen molar-refractivity contribution >= 4 is 17.5 Å². The molecule has 1 aliphatic rings. The normalized spacial score (nSPS) is 16.5. The first-order chi connectivity index (χ1) is 14.6. The molecule has 4 rings (SSSR count). The van der Waals surface area contributed by atoms with E-state index in [0.717, 1.165) is 52.9 Å². The number of piperidine rings is 1. The van der Waals surface area contributed by atoms with Crippen LogP contribution in [0.1, 0.15) is 41.5 Å². The van der Waals surface area contributed by atoms with Crippen LogP contribution in [-0.4, -0.2) is 36.0 Å². The number of benzene rings is 2. The summed E-state index contributed by atoms with van der Waals surface area (Å²) in [5.41, 5.74) is 2.09. The van der Waals surface area contributed by atoms with Crippen molar-refractivity contribution < 1.29 is 13.9 Å². The van der Waals surface area contributed by atoms with Crippen LogP contribution < -0.4 is 4.74 Å². The van der Waals surface area contributed by atoms with Crippen molar-refractivity contribution in [3.63, 3.8) is 0 Å². The lowest BCUT2D eigenvalue weighted by Crippen LogP contribution is -2.40. The number of hydrogen-bond donors (Lipinski definition) is 0. The highest BCUT2D eigenvalue weighted by Gasteiger charge is 2.28. The molecule has 3 aromatic rings. The Morgan fingerprint density at radius 2 is 2.07 bits per heavy atom. The van der Waals surface area contributed by atoms with Gasteiger partial charge in [-0.25, -0.2) is 4.98 Å². The maximum Gasteiger partial charge on any atom is 0.227 e. The average molecular weight is 425 g/mol. The fraction of sp³-hybridized carbons (Fsp3) is 0.333. The summed E-state index contributed by atoms with van der Waals surface area (Å²) in [6, 6.07) is 15.4. The predicted molar refractivity (Wildman–Crippen MR) is 116 cm³/mol. The number of oxazole rings is 1. The zero-order valence-electron chi connectivity index (χ0n) is 17.0. The molecule has 5 nitrogen and oxygen atoms in total. The number of carbonyl (C=O) groups excluding carboxylic acids is 1. The Bertz CT molecular complexity index is 1000. The SMILES string of the molecule is COc1cccc(CC(=O)N2CCC[C@H](c3ncc(Cc4ccc(Cl)cc4)o3)C2)c1. The van der Waals surface area contributed by atoms with E-state index >= 15 is 0 Å². The van der Waals surface area contributed by atoms with Gasteiger partial charge < -0.3 is 14.1 Å². The third-order valence-electron chi connectivity index (χ3n) is 5.48. The van der Waals surface area contributed by atoms with E-state index in [1.165, 1.54) is 0 Å². The third-order valence-corrected chi connectivity index (χ3v) is 5.73. The van der Waals surface area contributed by atoms with Gasteiger partial charge in [0.2, 0.25) is 5.91 Å². The third kappa shape index (κ3) is 5.03. The Balaban J connectivity index is 1.38. The minimum absolute atomic E-state index is 0.126. The smallest absolute Gasteiger partial charge is 0.227 e. The maximum absolute atomic E-state index is 12.8. The van der Waals surface area contributed by atoms with Crippen molar-refractivity contribution in [3.8, 4) is 5.75 Å². The molecular weight excluding hydrogens is 400 g/mol. The van der Waals surface area contributed by atoms with E-state index in [0.29, 0.717) is 19.4 Å². The van der Waals surface area contributed by atoms with Crippen molar-refractivity contribution in [1.29, 1.82) is 0 Å². The van der Waals surface area contributed by atoms with Crippen molar-refractivity contribution in [3.05, 3.63) is 82.5 Å². The second kappa shape index (κ2) is 9.35. The first kappa shape index (κ1) is 20.5. The number of rotatable bonds is 6. The molecule has 0 bridgehead atoms. The lowest BCUT2D eigenvalue weighted by Gasteiger charge is -2.31. The van der Waals surface area contributed by atoms with Crippen LogP contribution in [0.3, 0.4) is 0 Å². The molecule has 1 aliphatic heterocycles. The summed E-state index contributed by atoms with van der Waals surface area (Å²) in [7, 11) is 1.63. The van der Waals surface area contributed by atoms with Gasteiger partial charge in [0.05, 0.1) is 25.6 Å². The summed E-state index contributed by atoms with van der Waals surface area (Å²) in [4.78, 5) is 19.3. The first-order valence-electron chi connectivity index (χ1n) is 10.2. The number of hydrogen-bond acceptors (Lipinski definition) is 4. The second-order valence-electron chi connectivity index (χ2n) is 7.68. The van der Waals surface area contributed by atoms with Gasteiger partial charge >= 0.3 is 0 Å². The highest BCUT2D eigenvalue weighted by atomic mass is 35.5. The van der Waals surface area contributed by atoms with Gasteiger partial charge in [0.15, 0.2) is 5.89 Å². The number of amides is 1. The van der Waals surface area contributed by atoms with Crippen molar-refractivity contribution in [2.75, 3.05) is 20.2 Å². The Labute approximate surface area is 181 Å². The number of aromatic nitrogens is 1. The number of ether oxygens (including phenoxy) is 1. The lowest BCUT2D eigenvalue weighted by atomic mass is 9.97. The highest BCUT2D eigenvalue weighted by molar-refractivity contribution is 6.30. The van der Waals surface area contributed by atoms with Crippen molar-refractivity contribution in [2.45, 2.75) is 31.6 Å². The van der Waals surface area contributed by atoms with Gasteiger partial charge in [-0.05, 0) is 48.2 Å². The van der Waals surface area contributed by atoms with Gasteiger partial charge in [-0.3, -0.25) is 4.79 Å². The topological polar surface area (TPSA) is 55.6 Å². The Morgan fingerprint density at radius 1 is 1.23 bits per heavy atom. The Kier molecular flexibility index (Phi) is 6.38. The van der Waals surface area contributed by atoms with E-state index in [-0.39, 0.29) is 11.8 Å². The van der Waals surface area contributed by atoms with Crippen LogP contribution >= 0.6 is 11.6 Å². The van der Waals surface area contributed by atoms with Gasteiger partial charge in [0.25, 0.3) is 0 Å². The quantitative estimate of drug-likeness (QED) is 0.566. The molecule has 0 spiro atoms. The molecule has 6 heteroatoms. The molecule has 1 saturated heterocycles. The molecule has 156 valence electrons. The maximum atomic E-state index is 12.8. The zero-order valence-corrected chi connectivity index (χ0v) is 17.8. The monoisotopic (exact) mass is 424 g/mol. The number of carbonyl (C=O) groups is 1. The molecule has 2 aromatic carbocycles. The molecule has 1 atom stereocenters. The molecule has 1 amide bonds. The van der Waals surface area contributed by atoms with Gasteiger partial charge in [0.1, 0.15) is 11.5 Å². The van der Waals surface area contributed by atoms with E-state index in [2.05, 4.69) is 4.98 Å². The molecule has 0 unspecified atom stereocenters. The lowest BCUT2D eigenvalue weighted by molar-refractivity contribution is -0.131. The molecule has 1 aromatic heterocycles. The standard InChI is InChI=1S/C24H25ClN2O3/c1-29-21-6-2-4-18(13-21)14-23(28)27-11-3-5-19(16-27)24-26-15-22(30-24)12-17-7-9-20(25)10-8-17/h2,4,6-10,13,15,19H,3,5,11-12,14,16H2,1H3/t19-/m0/s1. The largest absolute Gasteiger partial charge is 0.497 e. The molecular formula is C24H25ClN2O3. The number of nitrogens with zero attached hydrogens (tertiary/aromatic N) is 2. The Morgan fingerprint density at radius 3 is 2.87 bits per heavy atom. The van der Waals surface area contributed by atoms with E-state index in [1.807, 2.05) is 53.4 Å². The van der Waals surface area contributed by atoms with Crippen LogP contribution in [0.4, 0.5) is 0 Å². The van der Waals surface area contributed by atoms with Crippen LogP contribution in [0.25, 0.3) is 0 Å².